The van der Waals surface area contributed by atoms with E-state index in [9.17, 15) is 5.26 Å². The van der Waals surface area contributed by atoms with Crippen LogP contribution in [-0.4, -0.2) is 28.1 Å². The molecule has 2 aromatic heterocycles. The highest BCUT2D eigenvalue weighted by molar-refractivity contribution is 5.64. The van der Waals surface area contributed by atoms with E-state index in [1.165, 1.54) is 0 Å². The highest BCUT2D eigenvalue weighted by Crippen LogP contribution is 2.44. The van der Waals surface area contributed by atoms with Gasteiger partial charge < -0.3 is 15.4 Å². The number of allylic oxidation sites excluding steroid dienone is 1. The summed E-state index contributed by atoms with van der Waals surface area (Å²) in [5.41, 5.74) is 13.3. The molecule has 0 spiro atoms. The normalized spacial score (nSPS) is 19.4. The lowest BCUT2D eigenvalue weighted by molar-refractivity contribution is 0.157. The molecular formula is C27H23N5O. The number of ether oxygens (including phenoxy) is 1. The van der Waals surface area contributed by atoms with E-state index >= 15 is 0 Å². The van der Waals surface area contributed by atoms with Gasteiger partial charge in [-0.2, -0.15) is 5.26 Å². The SMILES string of the molecule is N#CC1=C(N)N(Cc2ccccc2)C2=C(COCC2=Cc2cccnc2)C1c1cccnc1. The summed E-state index contributed by atoms with van der Waals surface area (Å²) in [6.45, 7) is 1.43. The first-order chi connectivity index (χ1) is 16.3. The number of benzene rings is 1. The third-order valence-electron chi connectivity index (χ3n) is 5.94. The molecule has 2 aliphatic rings. The molecule has 0 bridgehead atoms. The van der Waals surface area contributed by atoms with Gasteiger partial charge >= 0.3 is 0 Å². The lowest BCUT2D eigenvalue weighted by atomic mass is 9.79. The molecule has 5 rings (SSSR count). The molecule has 162 valence electrons. The molecule has 0 saturated heterocycles. The van der Waals surface area contributed by atoms with Crippen molar-refractivity contribution >= 4 is 6.08 Å². The Morgan fingerprint density at radius 1 is 1.03 bits per heavy atom. The number of nitriles is 1. The zero-order valence-electron chi connectivity index (χ0n) is 18.1. The van der Waals surface area contributed by atoms with Crippen molar-refractivity contribution in [2.75, 3.05) is 13.2 Å². The van der Waals surface area contributed by atoms with E-state index in [-0.39, 0.29) is 5.92 Å². The highest BCUT2D eigenvalue weighted by Gasteiger charge is 2.38. The van der Waals surface area contributed by atoms with Gasteiger partial charge in [0.15, 0.2) is 0 Å². The summed E-state index contributed by atoms with van der Waals surface area (Å²) in [5.74, 6) is 0.163. The first kappa shape index (κ1) is 20.7. The van der Waals surface area contributed by atoms with Crippen LogP contribution in [0.15, 0.2) is 108 Å². The van der Waals surface area contributed by atoms with Crippen molar-refractivity contribution in [3.63, 3.8) is 0 Å². The van der Waals surface area contributed by atoms with Crippen LogP contribution in [-0.2, 0) is 11.3 Å². The van der Waals surface area contributed by atoms with Crippen LogP contribution >= 0.6 is 0 Å². The van der Waals surface area contributed by atoms with Gasteiger partial charge in [0.2, 0.25) is 0 Å². The lowest BCUT2D eigenvalue weighted by Gasteiger charge is -2.41. The van der Waals surface area contributed by atoms with Gasteiger partial charge in [-0.05, 0) is 40.5 Å². The van der Waals surface area contributed by atoms with E-state index in [1.807, 2.05) is 48.7 Å². The molecule has 0 radical (unpaired) electrons. The number of nitrogens with two attached hydrogens (primary N) is 1. The maximum atomic E-state index is 10.1. The van der Waals surface area contributed by atoms with E-state index in [1.54, 1.807) is 18.6 Å². The monoisotopic (exact) mass is 433 g/mol. The highest BCUT2D eigenvalue weighted by atomic mass is 16.5. The van der Waals surface area contributed by atoms with Crippen molar-refractivity contribution < 1.29 is 4.74 Å². The van der Waals surface area contributed by atoms with Crippen molar-refractivity contribution in [1.29, 1.82) is 5.26 Å². The molecule has 0 saturated carbocycles. The van der Waals surface area contributed by atoms with Gasteiger partial charge in [-0.1, -0.05) is 42.5 Å². The van der Waals surface area contributed by atoms with Gasteiger partial charge in [0.05, 0.1) is 30.6 Å². The molecule has 2 aliphatic heterocycles. The Kier molecular flexibility index (Phi) is 5.71. The molecule has 0 amide bonds. The quantitative estimate of drug-likeness (QED) is 0.665. The van der Waals surface area contributed by atoms with Crippen LogP contribution < -0.4 is 5.73 Å². The summed E-state index contributed by atoms with van der Waals surface area (Å²) in [5, 5.41) is 10.1. The van der Waals surface area contributed by atoms with Crippen LogP contribution in [0, 0.1) is 11.3 Å². The Hall–Kier alpha value is -4.21. The van der Waals surface area contributed by atoms with Crippen LogP contribution in [0.1, 0.15) is 22.6 Å². The second kappa shape index (κ2) is 9.11. The Morgan fingerprint density at radius 3 is 2.52 bits per heavy atom. The van der Waals surface area contributed by atoms with Gasteiger partial charge in [0.1, 0.15) is 5.82 Å². The largest absolute Gasteiger partial charge is 0.384 e. The fraction of sp³-hybridized carbons (Fsp3) is 0.148. The molecule has 6 nitrogen and oxygen atoms in total. The van der Waals surface area contributed by atoms with Crippen LogP contribution in [0.5, 0.6) is 0 Å². The standard InChI is InChI=1S/C27H23N5O/c28-13-23-25(21-9-5-11-31-15-21)24-18-33-17-22(12-20-8-4-10-30-14-20)26(24)32(27(23)29)16-19-6-2-1-3-7-19/h1-12,14-15,25H,16-18,29H2. The Labute approximate surface area is 193 Å². The third-order valence-corrected chi connectivity index (χ3v) is 5.94. The number of hydrogen-bond acceptors (Lipinski definition) is 6. The van der Waals surface area contributed by atoms with Gasteiger partial charge in [-0.15, -0.1) is 0 Å². The van der Waals surface area contributed by atoms with E-state index in [0.717, 1.165) is 33.5 Å². The number of aromatic nitrogens is 2. The second-order valence-electron chi connectivity index (χ2n) is 8.02. The number of nitrogens with zero attached hydrogens (tertiary/aromatic N) is 4. The molecule has 4 heterocycles. The molecular weight excluding hydrogens is 410 g/mol. The minimum atomic E-state index is -0.302. The lowest BCUT2D eigenvalue weighted by Crippen LogP contribution is -2.39. The fourth-order valence-electron chi connectivity index (χ4n) is 4.51. The summed E-state index contributed by atoms with van der Waals surface area (Å²) in [7, 11) is 0. The zero-order chi connectivity index (χ0) is 22.6. The molecule has 1 unspecified atom stereocenters. The van der Waals surface area contributed by atoms with Crippen molar-refractivity contribution in [2.24, 2.45) is 5.73 Å². The van der Waals surface area contributed by atoms with E-state index in [4.69, 9.17) is 10.5 Å². The average Bonchev–Trinajstić information content (AvgIpc) is 2.87. The van der Waals surface area contributed by atoms with Crippen LogP contribution in [0.3, 0.4) is 0 Å². The molecule has 6 heteroatoms. The third kappa shape index (κ3) is 4.02. The maximum absolute atomic E-state index is 10.1. The minimum Gasteiger partial charge on any atom is -0.384 e. The van der Waals surface area contributed by atoms with Crippen molar-refractivity contribution in [3.05, 3.63) is 124 Å². The van der Waals surface area contributed by atoms with Gasteiger partial charge in [0, 0.05) is 42.8 Å². The molecule has 0 fully saturated rings. The smallest absolute Gasteiger partial charge is 0.118 e. The maximum Gasteiger partial charge on any atom is 0.118 e. The summed E-state index contributed by atoms with van der Waals surface area (Å²) < 4.78 is 6.04. The Morgan fingerprint density at radius 2 is 1.82 bits per heavy atom. The summed E-state index contributed by atoms with van der Waals surface area (Å²) in [4.78, 5) is 10.6. The fourth-order valence-corrected chi connectivity index (χ4v) is 4.51. The number of hydrogen-bond donors (Lipinski definition) is 1. The zero-order valence-corrected chi connectivity index (χ0v) is 18.1. The minimum absolute atomic E-state index is 0.302. The van der Waals surface area contributed by atoms with Gasteiger partial charge in [-0.25, -0.2) is 0 Å². The molecule has 3 aromatic rings. The number of pyridine rings is 2. The van der Waals surface area contributed by atoms with Crippen molar-refractivity contribution in [1.82, 2.24) is 14.9 Å². The summed E-state index contributed by atoms with van der Waals surface area (Å²) in [6.07, 6.45) is 9.19. The second-order valence-corrected chi connectivity index (χ2v) is 8.02. The van der Waals surface area contributed by atoms with Crippen LogP contribution in [0.25, 0.3) is 6.08 Å². The predicted octanol–water partition coefficient (Wildman–Crippen LogP) is 4.14. The molecule has 1 atom stereocenters. The average molecular weight is 434 g/mol. The molecule has 1 aromatic carbocycles. The van der Waals surface area contributed by atoms with Gasteiger partial charge in [-0.3, -0.25) is 9.97 Å². The Bertz CT molecular complexity index is 1270. The van der Waals surface area contributed by atoms with Gasteiger partial charge in [0.25, 0.3) is 0 Å². The molecule has 0 aliphatic carbocycles. The van der Waals surface area contributed by atoms with E-state index in [2.05, 4.69) is 39.1 Å². The van der Waals surface area contributed by atoms with Crippen molar-refractivity contribution in [2.45, 2.75) is 12.5 Å². The first-order valence-corrected chi connectivity index (χ1v) is 10.8. The predicted molar refractivity (Wildman–Crippen MR) is 126 cm³/mol. The van der Waals surface area contributed by atoms with Crippen LogP contribution in [0.4, 0.5) is 0 Å². The topological polar surface area (TPSA) is 88.1 Å². The van der Waals surface area contributed by atoms with Crippen molar-refractivity contribution in [3.8, 4) is 6.07 Å². The molecule has 2 N–H and O–H groups in total. The number of rotatable bonds is 4. The summed E-state index contributed by atoms with van der Waals surface area (Å²) in [6, 6.07) is 20.3. The van der Waals surface area contributed by atoms with Crippen LogP contribution in [0.2, 0.25) is 0 Å². The summed E-state index contributed by atoms with van der Waals surface area (Å²) >= 11 is 0. The first-order valence-electron chi connectivity index (χ1n) is 10.8. The van der Waals surface area contributed by atoms with E-state index in [0.29, 0.717) is 31.2 Å². The van der Waals surface area contributed by atoms with E-state index < -0.39 is 0 Å². The Balaban J connectivity index is 1.70. The molecule has 33 heavy (non-hydrogen) atoms.